The highest BCUT2D eigenvalue weighted by Gasteiger charge is 2.07. The number of anilines is 1. The van der Waals surface area contributed by atoms with Crippen molar-refractivity contribution in [2.75, 3.05) is 5.73 Å². The van der Waals surface area contributed by atoms with Gasteiger partial charge in [-0.1, -0.05) is 11.6 Å². The minimum atomic E-state index is 0.495. The van der Waals surface area contributed by atoms with Crippen LogP contribution in [0.2, 0.25) is 5.02 Å². The molecule has 0 atom stereocenters. The van der Waals surface area contributed by atoms with Crippen LogP contribution in [0.25, 0.3) is 10.9 Å². The molecule has 0 saturated heterocycles. The van der Waals surface area contributed by atoms with Gasteiger partial charge in [0.15, 0.2) is 0 Å². The number of benzene rings is 1. The standard InChI is InChI=1S/C10H8BrClN2/c1-5-2-6-9(13)8(12)4-14-10(6)7(11)3-5/h2-4H,1H3,(H2,13,14). The van der Waals surface area contributed by atoms with Crippen LogP contribution in [0, 0.1) is 6.92 Å². The van der Waals surface area contributed by atoms with Crippen molar-refractivity contribution in [2.24, 2.45) is 0 Å². The van der Waals surface area contributed by atoms with E-state index in [4.69, 9.17) is 17.3 Å². The van der Waals surface area contributed by atoms with E-state index in [1.165, 1.54) is 0 Å². The van der Waals surface area contributed by atoms with Crippen molar-refractivity contribution < 1.29 is 0 Å². The molecule has 0 radical (unpaired) electrons. The molecule has 0 aliphatic rings. The topological polar surface area (TPSA) is 38.9 Å². The van der Waals surface area contributed by atoms with Crippen LogP contribution >= 0.6 is 27.5 Å². The van der Waals surface area contributed by atoms with Gasteiger partial charge in [-0.3, -0.25) is 4.98 Å². The van der Waals surface area contributed by atoms with Gasteiger partial charge in [0.1, 0.15) is 0 Å². The van der Waals surface area contributed by atoms with Crippen molar-refractivity contribution in [1.82, 2.24) is 4.98 Å². The summed E-state index contributed by atoms with van der Waals surface area (Å²) in [6, 6.07) is 3.98. The van der Waals surface area contributed by atoms with Crippen LogP contribution in [0.1, 0.15) is 5.56 Å². The Kier molecular flexibility index (Phi) is 2.37. The van der Waals surface area contributed by atoms with E-state index in [2.05, 4.69) is 20.9 Å². The van der Waals surface area contributed by atoms with Gasteiger partial charge in [0.25, 0.3) is 0 Å². The SMILES string of the molecule is Cc1cc(Br)c2ncc(Cl)c(N)c2c1. The first-order valence-electron chi connectivity index (χ1n) is 4.09. The third kappa shape index (κ3) is 1.47. The zero-order valence-corrected chi connectivity index (χ0v) is 9.85. The molecule has 0 bridgehead atoms. The van der Waals surface area contributed by atoms with Crippen LogP contribution < -0.4 is 5.73 Å². The maximum absolute atomic E-state index is 5.89. The first kappa shape index (κ1) is 9.74. The monoisotopic (exact) mass is 270 g/mol. The molecule has 0 spiro atoms. The minimum Gasteiger partial charge on any atom is -0.397 e. The summed E-state index contributed by atoms with van der Waals surface area (Å²) in [4.78, 5) is 4.22. The zero-order chi connectivity index (χ0) is 10.3. The molecule has 0 saturated carbocycles. The molecular formula is C10H8BrClN2. The van der Waals surface area contributed by atoms with Crippen molar-refractivity contribution in [2.45, 2.75) is 6.92 Å². The highest BCUT2D eigenvalue weighted by atomic mass is 79.9. The molecule has 72 valence electrons. The molecule has 14 heavy (non-hydrogen) atoms. The molecule has 0 unspecified atom stereocenters. The summed E-state index contributed by atoms with van der Waals surface area (Å²) >= 11 is 9.33. The van der Waals surface area contributed by atoms with E-state index in [1.807, 2.05) is 19.1 Å². The van der Waals surface area contributed by atoms with E-state index < -0.39 is 0 Å². The molecule has 2 aromatic rings. The van der Waals surface area contributed by atoms with E-state index in [0.29, 0.717) is 10.7 Å². The maximum atomic E-state index is 5.89. The highest BCUT2D eigenvalue weighted by Crippen LogP contribution is 2.31. The van der Waals surface area contributed by atoms with Crippen LogP contribution in [-0.4, -0.2) is 4.98 Å². The number of rotatable bonds is 0. The van der Waals surface area contributed by atoms with Crippen molar-refractivity contribution in [1.29, 1.82) is 0 Å². The van der Waals surface area contributed by atoms with E-state index in [9.17, 15) is 0 Å². The second kappa shape index (κ2) is 3.41. The normalized spacial score (nSPS) is 10.8. The third-order valence-electron chi connectivity index (χ3n) is 2.06. The Bertz CT molecular complexity index is 511. The number of nitrogen functional groups attached to an aromatic ring is 1. The fourth-order valence-corrected chi connectivity index (χ4v) is 2.22. The van der Waals surface area contributed by atoms with Crippen LogP contribution in [0.5, 0.6) is 0 Å². The number of halogens is 2. The number of fused-ring (bicyclic) bond motifs is 1. The van der Waals surface area contributed by atoms with E-state index in [-0.39, 0.29) is 0 Å². The molecule has 0 fully saturated rings. The van der Waals surface area contributed by atoms with Crippen LogP contribution in [0.4, 0.5) is 5.69 Å². The van der Waals surface area contributed by atoms with Gasteiger partial charge in [0.05, 0.1) is 16.2 Å². The molecule has 0 aliphatic carbocycles. The molecule has 0 amide bonds. The highest BCUT2D eigenvalue weighted by molar-refractivity contribution is 9.10. The summed E-state index contributed by atoms with van der Waals surface area (Å²) in [5.74, 6) is 0. The molecule has 4 heteroatoms. The quantitative estimate of drug-likeness (QED) is 0.796. The molecule has 2 nitrogen and oxygen atoms in total. The first-order chi connectivity index (χ1) is 6.59. The Morgan fingerprint density at radius 3 is 2.86 bits per heavy atom. The van der Waals surface area contributed by atoms with Gasteiger partial charge in [-0.15, -0.1) is 0 Å². The van der Waals surface area contributed by atoms with Crippen molar-refractivity contribution in [3.8, 4) is 0 Å². The number of hydrogen-bond donors (Lipinski definition) is 1. The zero-order valence-electron chi connectivity index (χ0n) is 7.51. The lowest BCUT2D eigenvalue weighted by molar-refractivity contribution is 1.38. The van der Waals surface area contributed by atoms with Gasteiger partial charge in [-0.05, 0) is 40.5 Å². The lowest BCUT2D eigenvalue weighted by Gasteiger charge is -2.06. The second-order valence-electron chi connectivity index (χ2n) is 3.16. The Hall–Kier alpha value is -0.800. The van der Waals surface area contributed by atoms with Crippen molar-refractivity contribution in [3.05, 3.63) is 33.4 Å². The number of nitrogens with zero attached hydrogens (tertiary/aromatic N) is 1. The number of hydrogen-bond acceptors (Lipinski definition) is 2. The first-order valence-corrected chi connectivity index (χ1v) is 5.26. The molecule has 2 N–H and O–H groups in total. The summed E-state index contributed by atoms with van der Waals surface area (Å²) < 4.78 is 0.941. The summed E-state index contributed by atoms with van der Waals surface area (Å²) in [7, 11) is 0. The molecule has 1 aromatic heterocycles. The van der Waals surface area contributed by atoms with Gasteiger partial charge < -0.3 is 5.73 Å². The molecule has 1 aromatic carbocycles. The van der Waals surface area contributed by atoms with Crippen molar-refractivity contribution in [3.63, 3.8) is 0 Å². The Labute approximate surface area is 95.2 Å². The van der Waals surface area contributed by atoms with Crippen LogP contribution in [0.15, 0.2) is 22.8 Å². The molecule has 1 heterocycles. The van der Waals surface area contributed by atoms with E-state index >= 15 is 0 Å². The summed E-state index contributed by atoms with van der Waals surface area (Å²) in [6.07, 6.45) is 1.57. The second-order valence-corrected chi connectivity index (χ2v) is 4.42. The van der Waals surface area contributed by atoms with Crippen LogP contribution in [-0.2, 0) is 0 Å². The van der Waals surface area contributed by atoms with Crippen LogP contribution in [0.3, 0.4) is 0 Å². The van der Waals surface area contributed by atoms with E-state index in [0.717, 1.165) is 20.9 Å². The molecule has 2 rings (SSSR count). The summed E-state index contributed by atoms with van der Waals surface area (Å²) in [5, 5.41) is 1.39. The Balaban J connectivity index is 2.95. The number of aryl methyl sites for hydroxylation is 1. The number of aromatic nitrogens is 1. The summed E-state index contributed by atoms with van der Waals surface area (Å²) in [6.45, 7) is 2.00. The molecule has 0 aliphatic heterocycles. The Morgan fingerprint density at radius 1 is 1.43 bits per heavy atom. The van der Waals surface area contributed by atoms with Crippen molar-refractivity contribution >= 4 is 44.1 Å². The summed E-state index contributed by atoms with van der Waals surface area (Å²) in [5.41, 5.74) is 8.42. The maximum Gasteiger partial charge on any atom is 0.0865 e. The molecular weight excluding hydrogens is 263 g/mol. The Morgan fingerprint density at radius 2 is 2.14 bits per heavy atom. The van der Waals surface area contributed by atoms with Gasteiger partial charge in [-0.2, -0.15) is 0 Å². The fourth-order valence-electron chi connectivity index (χ4n) is 1.39. The minimum absolute atomic E-state index is 0.495. The predicted molar refractivity (Wildman–Crippen MR) is 63.6 cm³/mol. The predicted octanol–water partition coefficient (Wildman–Crippen LogP) is 3.54. The number of pyridine rings is 1. The van der Waals surface area contributed by atoms with Gasteiger partial charge in [0, 0.05) is 16.1 Å². The smallest absolute Gasteiger partial charge is 0.0865 e. The average molecular weight is 272 g/mol. The van der Waals surface area contributed by atoms with E-state index in [1.54, 1.807) is 6.20 Å². The lowest BCUT2D eigenvalue weighted by Crippen LogP contribution is -1.92. The fraction of sp³-hybridized carbons (Fsp3) is 0.100. The van der Waals surface area contributed by atoms with Gasteiger partial charge in [0.2, 0.25) is 0 Å². The average Bonchev–Trinajstić information content (AvgIpc) is 2.12. The lowest BCUT2D eigenvalue weighted by atomic mass is 10.1. The van der Waals surface area contributed by atoms with Gasteiger partial charge in [-0.25, -0.2) is 0 Å². The third-order valence-corrected chi connectivity index (χ3v) is 2.97. The number of nitrogens with two attached hydrogens (primary N) is 1. The largest absolute Gasteiger partial charge is 0.397 e. The van der Waals surface area contributed by atoms with Gasteiger partial charge >= 0.3 is 0 Å².